The van der Waals surface area contributed by atoms with E-state index in [0.717, 1.165) is 12.1 Å². The summed E-state index contributed by atoms with van der Waals surface area (Å²) < 4.78 is 35.1. The number of carbonyl (C=O) groups is 1. The largest absolute Gasteiger partial charge is 0.485 e. The van der Waals surface area contributed by atoms with E-state index in [1.54, 1.807) is 43.6 Å². The summed E-state index contributed by atoms with van der Waals surface area (Å²) in [4.78, 5) is 19.0. The maximum atomic E-state index is 14.0. The zero-order valence-corrected chi connectivity index (χ0v) is 18.3. The second-order valence-electron chi connectivity index (χ2n) is 8.02. The van der Waals surface area contributed by atoms with E-state index in [2.05, 4.69) is 20.4 Å². The Hall–Kier alpha value is -3.73. The van der Waals surface area contributed by atoms with Crippen molar-refractivity contribution in [3.63, 3.8) is 0 Å². The van der Waals surface area contributed by atoms with Crippen molar-refractivity contribution in [1.29, 1.82) is 0 Å². The number of carbonyl (C=O) groups excluding carboxylic acids is 1. The van der Waals surface area contributed by atoms with E-state index in [9.17, 15) is 18.7 Å². The number of Topliss-reactive ketones (excluding diaryl/α,β-unsaturated/α-hetero) is 1. The average molecular weight is 456 g/mol. The van der Waals surface area contributed by atoms with Gasteiger partial charge in [0.25, 0.3) is 0 Å². The number of halogens is 2. The van der Waals surface area contributed by atoms with Gasteiger partial charge in [-0.25, -0.2) is 13.8 Å². The molecule has 0 spiro atoms. The van der Waals surface area contributed by atoms with Gasteiger partial charge in [-0.2, -0.15) is 4.80 Å². The van der Waals surface area contributed by atoms with Crippen molar-refractivity contribution < 1.29 is 23.4 Å². The van der Waals surface area contributed by atoms with Crippen molar-refractivity contribution in [3.8, 4) is 5.75 Å². The van der Waals surface area contributed by atoms with Crippen LogP contribution in [0, 0.1) is 18.6 Å². The van der Waals surface area contributed by atoms with Crippen LogP contribution in [-0.2, 0) is 19.1 Å². The Morgan fingerprint density at radius 3 is 2.58 bits per heavy atom. The van der Waals surface area contributed by atoms with Gasteiger partial charge in [-0.1, -0.05) is 6.07 Å². The number of aliphatic hydroxyl groups excluding tert-OH is 1. The van der Waals surface area contributed by atoms with Crippen LogP contribution in [0.15, 0.2) is 36.5 Å². The van der Waals surface area contributed by atoms with Crippen molar-refractivity contribution in [2.24, 2.45) is 7.05 Å². The third-order valence-electron chi connectivity index (χ3n) is 5.43. The van der Waals surface area contributed by atoms with Crippen LogP contribution in [0.25, 0.3) is 5.65 Å². The predicted octanol–water partition coefficient (Wildman–Crippen LogP) is 2.55. The average Bonchev–Trinajstić information content (AvgIpc) is 3.36. The molecule has 0 fully saturated rings. The summed E-state index contributed by atoms with van der Waals surface area (Å²) in [6.45, 7) is 2.66. The quantitative estimate of drug-likeness (QED) is 0.406. The van der Waals surface area contributed by atoms with Crippen molar-refractivity contribution >= 4 is 11.4 Å². The van der Waals surface area contributed by atoms with Gasteiger partial charge >= 0.3 is 0 Å². The molecule has 1 N–H and O–H groups in total. The number of aliphatic hydroxyl groups is 1. The molecule has 9 nitrogen and oxygen atoms in total. The van der Waals surface area contributed by atoms with Gasteiger partial charge in [0.2, 0.25) is 0 Å². The normalized spacial score (nSPS) is 13.3. The molecule has 4 aromatic rings. The van der Waals surface area contributed by atoms with Gasteiger partial charge in [-0.05, 0) is 43.3 Å². The summed E-state index contributed by atoms with van der Waals surface area (Å²) in [5.41, 5.74) is -0.164. The van der Waals surface area contributed by atoms with Gasteiger partial charge in [0.15, 0.2) is 23.0 Å². The molecule has 0 saturated heterocycles. The number of aromatic nitrogens is 6. The van der Waals surface area contributed by atoms with Crippen LogP contribution in [0.1, 0.15) is 40.9 Å². The van der Waals surface area contributed by atoms with Crippen molar-refractivity contribution in [2.45, 2.75) is 32.3 Å². The standard InChI is InChI=1S/C22H22F2N6O3/c1-13-19(17(32)10-22(2,12-31)21-26-28-29(3)27-21)30-9-5-8-18(20(30)25-13)33-11-14-15(23)6-4-7-16(14)24/h4-9,31H,10-12H2,1-3H3. The van der Waals surface area contributed by atoms with Gasteiger partial charge in [-0.15, -0.1) is 10.2 Å². The highest BCUT2D eigenvalue weighted by Crippen LogP contribution is 2.29. The Labute approximate surface area is 187 Å². The van der Waals surface area contributed by atoms with Crippen molar-refractivity contribution in [2.75, 3.05) is 6.61 Å². The zero-order valence-electron chi connectivity index (χ0n) is 18.3. The summed E-state index contributed by atoms with van der Waals surface area (Å²) in [6.07, 6.45) is 1.56. The molecule has 0 radical (unpaired) electrons. The van der Waals surface area contributed by atoms with E-state index in [4.69, 9.17) is 4.74 Å². The number of rotatable bonds is 8. The van der Waals surface area contributed by atoms with Crippen LogP contribution in [0.5, 0.6) is 5.75 Å². The van der Waals surface area contributed by atoms with Crippen LogP contribution in [-0.4, -0.2) is 47.1 Å². The van der Waals surface area contributed by atoms with E-state index in [1.165, 1.54) is 10.9 Å². The summed E-state index contributed by atoms with van der Waals surface area (Å²) >= 11 is 0. The minimum Gasteiger partial charge on any atom is -0.485 e. The maximum Gasteiger partial charge on any atom is 0.183 e. The van der Waals surface area contributed by atoms with Crippen LogP contribution >= 0.6 is 0 Å². The molecule has 1 atom stereocenters. The molecule has 33 heavy (non-hydrogen) atoms. The third-order valence-corrected chi connectivity index (χ3v) is 5.43. The smallest absolute Gasteiger partial charge is 0.183 e. The number of imidazole rings is 1. The molecule has 11 heteroatoms. The number of hydrogen-bond acceptors (Lipinski definition) is 7. The van der Waals surface area contributed by atoms with E-state index >= 15 is 0 Å². The topological polar surface area (TPSA) is 107 Å². The molecule has 1 aromatic carbocycles. The second-order valence-corrected chi connectivity index (χ2v) is 8.02. The summed E-state index contributed by atoms with van der Waals surface area (Å²) in [5, 5.41) is 21.8. The maximum absolute atomic E-state index is 14.0. The lowest BCUT2D eigenvalue weighted by Crippen LogP contribution is -2.32. The Morgan fingerprint density at radius 1 is 1.21 bits per heavy atom. The zero-order chi connectivity index (χ0) is 23.8. The predicted molar refractivity (Wildman–Crippen MR) is 113 cm³/mol. The van der Waals surface area contributed by atoms with E-state index < -0.39 is 17.0 Å². The molecule has 172 valence electrons. The first-order valence-electron chi connectivity index (χ1n) is 10.2. The number of ether oxygens (including phenoxy) is 1. The van der Waals surface area contributed by atoms with Crippen molar-refractivity contribution in [1.82, 2.24) is 29.6 Å². The summed E-state index contributed by atoms with van der Waals surface area (Å²) in [7, 11) is 1.60. The Bertz CT molecular complexity index is 1310. The molecule has 1 unspecified atom stereocenters. The first kappa shape index (κ1) is 22.5. The van der Waals surface area contributed by atoms with Crippen LogP contribution < -0.4 is 4.74 Å². The molecule has 3 aromatic heterocycles. The molecular formula is C22H22F2N6O3. The van der Waals surface area contributed by atoms with Crippen LogP contribution in [0.2, 0.25) is 0 Å². The summed E-state index contributed by atoms with van der Waals surface area (Å²) in [6, 6.07) is 6.84. The Kier molecular flexibility index (Phi) is 5.90. The number of pyridine rings is 1. The van der Waals surface area contributed by atoms with E-state index in [-0.39, 0.29) is 42.6 Å². The molecule has 0 amide bonds. The van der Waals surface area contributed by atoms with Gasteiger partial charge < -0.3 is 9.84 Å². The van der Waals surface area contributed by atoms with Gasteiger partial charge in [0.1, 0.15) is 23.9 Å². The highest BCUT2D eigenvalue weighted by molar-refractivity contribution is 5.97. The number of aryl methyl sites for hydroxylation is 2. The summed E-state index contributed by atoms with van der Waals surface area (Å²) in [5.74, 6) is -1.19. The number of fused-ring (bicyclic) bond motifs is 1. The first-order valence-corrected chi connectivity index (χ1v) is 10.2. The minimum absolute atomic E-state index is 0.0879. The monoisotopic (exact) mass is 456 g/mol. The number of benzene rings is 1. The molecule has 0 saturated carbocycles. The number of ketones is 1. The van der Waals surface area contributed by atoms with Gasteiger partial charge in [-0.3, -0.25) is 9.20 Å². The van der Waals surface area contributed by atoms with Crippen LogP contribution in [0.3, 0.4) is 0 Å². The molecular weight excluding hydrogens is 434 g/mol. The molecule has 3 heterocycles. The third kappa shape index (κ3) is 4.19. The molecule has 4 rings (SSSR count). The lowest BCUT2D eigenvalue weighted by atomic mass is 9.84. The fourth-order valence-electron chi connectivity index (χ4n) is 3.59. The number of nitrogens with zero attached hydrogens (tertiary/aromatic N) is 6. The SMILES string of the molecule is Cc1nc2c(OCc3c(F)cccc3F)cccn2c1C(=O)CC(C)(CO)c1nnn(C)n1. The lowest BCUT2D eigenvalue weighted by Gasteiger charge is -2.22. The molecule has 0 aliphatic rings. The lowest BCUT2D eigenvalue weighted by molar-refractivity contribution is 0.0906. The van der Waals surface area contributed by atoms with E-state index in [1.807, 2.05) is 0 Å². The Morgan fingerprint density at radius 2 is 1.94 bits per heavy atom. The van der Waals surface area contributed by atoms with Crippen LogP contribution in [0.4, 0.5) is 8.78 Å². The highest BCUT2D eigenvalue weighted by atomic mass is 19.1. The minimum atomic E-state index is -1.04. The number of tetrazole rings is 1. The highest BCUT2D eigenvalue weighted by Gasteiger charge is 2.35. The second kappa shape index (κ2) is 8.66. The molecule has 0 aliphatic heterocycles. The van der Waals surface area contributed by atoms with Crippen molar-refractivity contribution in [3.05, 3.63) is 70.9 Å². The Balaban J connectivity index is 1.64. The molecule has 0 aliphatic carbocycles. The fraction of sp³-hybridized carbons (Fsp3) is 0.318. The first-order chi connectivity index (χ1) is 15.7. The fourth-order valence-corrected chi connectivity index (χ4v) is 3.59. The molecule has 0 bridgehead atoms. The van der Waals surface area contributed by atoms with Gasteiger partial charge in [0.05, 0.1) is 30.3 Å². The number of hydrogen-bond donors (Lipinski definition) is 1. The van der Waals surface area contributed by atoms with Gasteiger partial charge in [0, 0.05) is 12.6 Å². The van der Waals surface area contributed by atoms with E-state index in [0.29, 0.717) is 17.0 Å².